The fourth-order valence-electron chi connectivity index (χ4n) is 2.42. The van der Waals surface area contributed by atoms with E-state index in [-0.39, 0.29) is 5.91 Å². The number of nitrogens with zero attached hydrogens (tertiary/aromatic N) is 2. The second-order valence-corrected chi connectivity index (χ2v) is 4.80. The number of nitrogens with two attached hydrogens (primary N) is 1. The van der Waals surface area contributed by atoms with Gasteiger partial charge in [-0.3, -0.25) is 4.79 Å². The van der Waals surface area contributed by atoms with Gasteiger partial charge in [-0.1, -0.05) is 17.3 Å². The Kier molecular flexibility index (Phi) is 2.74. The van der Waals surface area contributed by atoms with Gasteiger partial charge in [0.25, 0.3) is 5.91 Å². The number of aryl methyl sites for hydroxylation is 1. The molecule has 1 amide bonds. The summed E-state index contributed by atoms with van der Waals surface area (Å²) in [7, 11) is 0. The van der Waals surface area contributed by atoms with Gasteiger partial charge in [-0.05, 0) is 30.5 Å². The van der Waals surface area contributed by atoms with E-state index in [2.05, 4.69) is 11.2 Å². The number of benzene rings is 1. The van der Waals surface area contributed by atoms with Crippen LogP contribution in [0.5, 0.6) is 0 Å². The first-order chi connectivity index (χ1) is 9.16. The van der Waals surface area contributed by atoms with E-state index >= 15 is 0 Å². The molecule has 0 bridgehead atoms. The summed E-state index contributed by atoms with van der Waals surface area (Å²) in [5.74, 6) is 0.196. The van der Waals surface area contributed by atoms with Crippen LogP contribution in [-0.4, -0.2) is 22.5 Å². The molecule has 2 heterocycles. The number of hydrogen-bond donors (Lipinski definition) is 1. The van der Waals surface area contributed by atoms with Crippen molar-refractivity contribution in [2.45, 2.75) is 19.9 Å². The summed E-state index contributed by atoms with van der Waals surface area (Å²) < 4.78 is 5.03. The molecule has 0 unspecified atom stereocenters. The van der Waals surface area contributed by atoms with Gasteiger partial charge in [-0.15, -0.1) is 0 Å². The standard InChI is InChI=1S/C14H15N3O2/c1-9-7-16-19-13(9)14(18)17-6-5-10-3-2-4-12(15)11(10)8-17/h2-4,7H,5-6,8,15H2,1H3. The van der Waals surface area contributed by atoms with E-state index in [1.165, 1.54) is 5.56 Å². The molecule has 0 radical (unpaired) electrons. The molecule has 0 spiro atoms. The average molecular weight is 257 g/mol. The number of hydrogen-bond acceptors (Lipinski definition) is 4. The predicted molar refractivity (Wildman–Crippen MR) is 70.5 cm³/mol. The lowest BCUT2D eigenvalue weighted by Gasteiger charge is -2.29. The molecule has 98 valence electrons. The van der Waals surface area contributed by atoms with E-state index in [4.69, 9.17) is 10.3 Å². The summed E-state index contributed by atoms with van der Waals surface area (Å²) in [6.45, 7) is 3.02. The van der Waals surface area contributed by atoms with Gasteiger partial charge in [0, 0.05) is 24.3 Å². The number of nitrogen functional groups attached to an aromatic ring is 1. The fourth-order valence-corrected chi connectivity index (χ4v) is 2.42. The molecule has 3 rings (SSSR count). The van der Waals surface area contributed by atoms with Crippen molar-refractivity contribution < 1.29 is 9.32 Å². The summed E-state index contributed by atoms with van der Waals surface area (Å²) in [6, 6.07) is 5.88. The van der Waals surface area contributed by atoms with Crippen LogP contribution in [0.3, 0.4) is 0 Å². The molecule has 1 aliphatic heterocycles. The highest BCUT2D eigenvalue weighted by Gasteiger charge is 2.26. The number of aromatic nitrogens is 1. The Morgan fingerprint density at radius 2 is 2.32 bits per heavy atom. The van der Waals surface area contributed by atoms with Crippen molar-refractivity contribution in [3.05, 3.63) is 46.8 Å². The number of carbonyl (C=O) groups excluding carboxylic acids is 1. The van der Waals surface area contributed by atoms with Crippen LogP contribution in [0.15, 0.2) is 28.9 Å². The minimum atomic E-state index is -0.121. The Balaban J connectivity index is 1.88. The Labute approximate surface area is 111 Å². The number of carbonyl (C=O) groups is 1. The molecule has 2 aromatic rings. The van der Waals surface area contributed by atoms with Crippen LogP contribution in [0, 0.1) is 6.92 Å². The highest BCUT2D eigenvalue weighted by Crippen LogP contribution is 2.25. The molecule has 5 nitrogen and oxygen atoms in total. The lowest BCUT2D eigenvalue weighted by Crippen LogP contribution is -2.36. The van der Waals surface area contributed by atoms with Crippen molar-refractivity contribution >= 4 is 11.6 Å². The first kappa shape index (κ1) is 11.8. The van der Waals surface area contributed by atoms with Crippen LogP contribution in [0.25, 0.3) is 0 Å². The van der Waals surface area contributed by atoms with Crippen molar-refractivity contribution in [1.29, 1.82) is 0 Å². The van der Waals surface area contributed by atoms with Crippen molar-refractivity contribution in [1.82, 2.24) is 10.1 Å². The minimum Gasteiger partial charge on any atom is -0.398 e. The Morgan fingerprint density at radius 1 is 1.47 bits per heavy atom. The molecule has 0 aliphatic carbocycles. The molecular formula is C14H15N3O2. The maximum Gasteiger partial charge on any atom is 0.293 e. The number of rotatable bonds is 1. The molecular weight excluding hydrogens is 242 g/mol. The molecule has 2 N–H and O–H groups in total. The Bertz CT molecular complexity index is 633. The van der Waals surface area contributed by atoms with Gasteiger partial charge >= 0.3 is 0 Å². The lowest BCUT2D eigenvalue weighted by molar-refractivity contribution is 0.0692. The quantitative estimate of drug-likeness (QED) is 0.790. The van der Waals surface area contributed by atoms with Gasteiger partial charge in [-0.25, -0.2) is 0 Å². The second kappa shape index (κ2) is 4.42. The predicted octanol–water partition coefficient (Wildman–Crippen LogP) is 1.76. The summed E-state index contributed by atoms with van der Waals surface area (Å²) in [5.41, 5.74) is 9.74. The molecule has 1 aliphatic rings. The third kappa shape index (κ3) is 1.97. The van der Waals surface area contributed by atoms with Crippen LogP contribution < -0.4 is 5.73 Å². The highest BCUT2D eigenvalue weighted by molar-refractivity contribution is 5.92. The number of amides is 1. The lowest BCUT2D eigenvalue weighted by atomic mass is 9.98. The van der Waals surface area contributed by atoms with Crippen molar-refractivity contribution in [2.24, 2.45) is 0 Å². The van der Waals surface area contributed by atoms with E-state index in [0.29, 0.717) is 18.8 Å². The van der Waals surface area contributed by atoms with Gasteiger partial charge in [0.1, 0.15) is 0 Å². The summed E-state index contributed by atoms with van der Waals surface area (Å²) in [6.07, 6.45) is 2.37. The van der Waals surface area contributed by atoms with E-state index in [0.717, 1.165) is 23.2 Å². The van der Waals surface area contributed by atoms with Crippen LogP contribution in [0.4, 0.5) is 5.69 Å². The topological polar surface area (TPSA) is 72.4 Å². The van der Waals surface area contributed by atoms with E-state index < -0.39 is 0 Å². The largest absolute Gasteiger partial charge is 0.398 e. The van der Waals surface area contributed by atoms with Gasteiger partial charge in [-0.2, -0.15) is 0 Å². The molecule has 0 atom stereocenters. The van der Waals surface area contributed by atoms with Crippen LogP contribution in [-0.2, 0) is 13.0 Å². The van der Waals surface area contributed by atoms with Gasteiger partial charge in [0.05, 0.1) is 6.20 Å². The first-order valence-corrected chi connectivity index (χ1v) is 6.23. The minimum absolute atomic E-state index is 0.121. The SMILES string of the molecule is Cc1cnoc1C(=O)N1CCc2cccc(N)c2C1. The normalized spacial score (nSPS) is 14.3. The zero-order valence-electron chi connectivity index (χ0n) is 10.7. The Hall–Kier alpha value is -2.30. The molecule has 0 saturated carbocycles. The summed E-state index contributed by atoms with van der Waals surface area (Å²) in [4.78, 5) is 14.1. The molecule has 19 heavy (non-hydrogen) atoms. The maximum atomic E-state index is 12.4. The third-order valence-electron chi connectivity index (χ3n) is 3.54. The fraction of sp³-hybridized carbons (Fsp3) is 0.286. The molecule has 1 aromatic heterocycles. The third-order valence-corrected chi connectivity index (χ3v) is 3.54. The van der Waals surface area contributed by atoms with Crippen molar-refractivity contribution in [2.75, 3.05) is 12.3 Å². The summed E-state index contributed by atoms with van der Waals surface area (Å²) >= 11 is 0. The number of fused-ring (bicyclic) bond motifs is 1. The average Bonchev–Trinajstić information content (AvgIpc) is 2.84. The van der Waals surface area contributed by atoms with Crippen molar-refractivity contribution in [3.63, 3.8) is 0 Å². The van der Waals surface area contributed by atoms with Crippen LogP contribution >= 0.6 is 0 Å². The summed E-state index contributed by atoms with van der Waals surface area (Å²) in [5, 5.41) is 3.65. The number of anilines is 1. The van der Waals surface area contributed by atoms with Gasteiger partial charge < -0.3 is 15.2 Å². The Morgan fingerprint density at radius 3 is 3.05 bits per heavy atom. The monoisotopic (exact) mass is 257 g/mol. The maximum absolute atomic E-state index is 12.4. The van der Waals surface area contributed by atoms with E-state index in [9.17, 15) is 4.79 Å². The molecule has 5 heteroatoms. The smallest absolute Gasteiger partial charge is 0.293 e. The molecule has 0 fully saturated rings. The van der Waals surface area contributed by atoms with E-state index in [1.807, 2.05) is 19.1 Å². The van der Waals surface area contributed by atoms with Crippen LogP contribution in [0.2, 0.25) is 0 Å². The molecule has 1 aromatic carbocycles. The van der Waals surface area contributed by atoms with Crippen LogP contribution in [0.1, 0.15) is 27.2 Å². The highest BCUT2D eigenvalue weighted by atomic mass is 16.5. The first-order valence-electron chi connectivity index (χ1n) is 6.23. The van der Waals surface area contributed by atoms with Gasteiger partial charge in [0.15, 0.2) is 0 Å². The molecule has 0 saturated heterocycles. The van der Waals surface area contributed by atoms with E-state index in [1.54, 1.807) is 11.1 Å². The van der Waals surface area contributed by atoms with Gasteiger partial charge in [0.2, 0.25) is 5.76 Å². The second-order valence-electron chi connectivity index (χ2n) is 4.80. The zero-order valence-corrected chi connectivity index (χ0v) is 10.7. The van der Waals surface area contributed by atoms with Crippen molar-refractivity contribution in [3.8, 4) is 0 Å². The zero-order chi connectivity index (χ0) is 13.4.